The second-order valence-corrected chi connectivity index (χ2v) is 9.01. The predicted molar refractivity (Wildman–Crippen MR) is 111 cm³/mol. The molecule has 0 fully saturated rings. The minimum Gasteiger partial charge on any atom is -0.495 e. The number of nitrogens with zero attached hydrogens (tertiary/aromatic N) is 1. The Hall–Kier alpha value is -2.61. The third-order valence-corrected chi connectivity index (χ3v) is 6.13. The topological polar surface area (TPSA) is 75.7 Å². The molecule has 29 heavy (non-hydrogen) atoms. The van der Waals surface area contributed by atoms with E-state index in [0.717, 1.165) is 28.4 Å². The van der Waals surface area contributed by atoms with Crippen LogP contribution in [0.15, 0.2) is 47.4 Å². The number of benzene rings is 2. The summed E-state index contributed by atoms with van der Waals surface area (Å²) in [6, 6.07) is 9.75. The van der Waals surface area contributed by atoms with Crippen molar-refractivity contribution in [2.75, 3.05) is 24.5 Å². The van der Waals surface area contributed by atoms with Crippen molar-refractivity contribution in [2.24, 2.45) is 5.92 Å². The Morgan fingerprint density at radius 1 is 1.17 bits per heavy atom. The number of carbonyl (C=O) groups excluding carboxylic acids is 1. The van der Waals surface area contributed by atoms with Gasteiger partial charge in [-0.05, 0) is 61.2 Å². The van der Waals surface area contributed by atoms with Gasteiger partial charge in [-0.3, -0.25) is 9.10 Å². The fourth-order valence-electron chi connectivity index (χ4n) is 2.71. The van der Waals surface area contributed by atoms with Crippen LogP contribution >= 0.6 is 0 Å². The highest BCUT2D eigenvalue weighted by molar-refractivity contribution is 7.93. The number of methoxy groups -OCH3 is 1. The van der Waals surface area contributed by atoms with Gasteiger partial charge >= 0.3 is 0 Å². The molecule has 0 saturated carbocycles. The molecular weight excluding hydrogens is 395 g/mol. The van der Waals surface area contributed by atoms with Crippen LogP contribution in [-0.4, -0.2) is 34.5 Å². The number of hydrogen-bond acceptors (Lipinski definition) is 4. The maximum absolute atomic E-state index is 13.4. The summed E-state index contributed by atoms with van der Waals surface area (Å²) in [5.74, 6) is -0.363. The lowest BCUT2D eigenvalue weighted by Gasteiger charge is -2.25. The average Bonchev–Trinajstić information content (AvgIpc) is 2.66. The van der Waals surface area contributed by atoms with E-state index < -0.39 is 28.3 Å². The van der Waals surface area contributed by atoms with Gasteiger partial charge in [0, 0.05) is 6.54 Å². The molecule has 0 spiro atoms. The van der Waals surface area contributed by atoms with E-state index in [2.05, 4.69) is 5.32 Å². The van der Waals surface area contributed by atoms with Crippen molar-refractivity contribution >= 4 is 21.6 Å². The Balaban J connectivity index is 2.42. The number of carbonyl (C=O) groups is 1. The molecule has 2 aromatic carbocycles. The summed E-state index contributed by atoms with van der Waals surface area (Å²) in [7, 11) is -2.76. The van der Waals surface area contributed by atoms with Crippen LogP contribution < -0.4 is 14.4 Å². The highest BCUT2D eigenvalue weighted by atomic mass is 32.2. The molecule has 0 unspecified atom stereocenters. The largest absolute Gasteiger partial charge is 0.495 e. The van der Waals surface area contributed by atoms with Crippen LogP contribution in [0.4, 0.5) is 10.1 Å². The van der Waals surface area contributed by atoms with Crippen molar-refractivity contribution in [3.8, 4) is 5.75 Å². The lowest BCUT2D eigenvalue weighted by Crippen LogP contribution is -2.41. The van der Waals surface area contributed by atoms with Crippen LogP contribution in [0.1, 0.15) is 25.8 Å². The minimum absolute atomic E-state index is 0.0562. The fourth-order valence-corrected chi connectivity index (χ4v) is 4.38. The van der Waals surface area contributed by atoms with Crippen molar-refractivity contribution in [1.82, 2.24) is 5.32 Å². The van der Waals surface area contributed by atoms with Crippen LogP contribution in [0.2, 0.25) is 0 Å². The molecule has 8 heteroatoms. The minimum atomic E-state index is -4.14. The van der Waals surface area contributed by atoms with Gasteiger partial charge in [-0.15, -0.1) is 0 Å². The summed E-state index contributed by atoms with van der Waals surface area (Å²) >= 11 is 0. The summed E-state index contributed by atoms with van der Waals surface area (Å²) in [5, 5.41) is 2.74. The molecule has 0 heterocycles. The first kappa shape index (κ1) is 22.7. The first-order chi connectivity index (χ1) is 13.6. The number of aryl methyl sites for hydroxylation is 1. The molecule has 2 aromatic rings. The van der Waals surface area contributed by atoms with Crippen LogP contribution in [-0.2, 0) is 14.8 Å². The van der Waals surface area contributed by atoms with Gasteiger partial charge in [0.1, 0.15) is 23.0 Å². The van der Waals surface area contributed by atoms with Crippen LogP contribution in [0.5, 0.6) is 5.75 Å². The van der Waals surface area contributed by atoms with Crippen molar-refractivity contribution in [3.05, 3.63) is 53.8 Å². The van der Waals surface area contributed by atoms with Gasteiger partial charge in [-0.25, -0.2) is 12.8 Å². The monoisotopic (exact) mass is 422 g/mol. The van der Waals surface area contributed by atoms with Gasteiger partial charge in [0.15, 0.2) is 0 Å². The quantitative estimate of drug-likeness (QED) is 0.671. The number of ether oxygens (including phenoxy) is 1. The fraction of sp³-hybridized carbons (Fsp3) is 0.381. The summed E-state index contributed by atoms with van der Waals surface area (Å²) in [5.41, 5.74) is 0.916. The van der Waals surface area contributed by atoms with Gasteiger partial charge in [0.2, 0.25) is 5.91 Å². The molecule has 0 radical (unpaired) electrons. The Bertz CT molecular complexity index is 944. The van der Waals surface area contributed by atoms with Crippen molar-refractivity contribution < 1.29 is 22.3 Å². The van der Waals surface area contributed by atoms with Gasteiger partial charge < -0.3 is 10.1 Å². The zero-order valence-electron chi connectivity index (χ0n) is 17.1. The van der Waals surface area contributed by atoms with E-state index in [1.54, 1.807) is 19.1 Å². The van der Waals surface area contributed by atoms with E-state index >= 15 is 0 Å². The second kappa shape index (κ2) is 9.73. The molecule has 158 valence electrons. The lowest BCUT2D eigenvalue weighted by molar-refractivity contribution is -0.119. The number of rotatable bonds is 9. The van der Waals surface area contributed by atoms with E-state index in [4.69, 9.17) is 4.74 Å². The molecule has 2 rings (SSSR count). The van der Waals surface area contributed by atoms with Gasteiger partial charge in [0.25, 0.3) is 10.0 Å². The van der Waals surface area contributed by atoms with Crippen molar-refractivity contribution in [2.45, 2.75) is 32.1 Å². The smallest absolute Gasteiger partial charge is 0.268 e. The van der Waals surface area contributed by atoms with Gasteiger partial charge in [-0.1, -0.05) is 19.9 Å². The molecule has 0 aliphatic heterocycles. The maximum Gasteiger partial charge on any atom is 0.268 e. The summed E-state index contributed by atoms with van der Waals surface area (Å²) in [6.07, 6.45) is 0.779. The van der Waals surface area contributed by atoms with E-state index in [1.165, 1.54) is 25.3 Å². The molecule has 0 aliphatic rings. The first-order valence-corrected chi connectivity index (χ1v) is 10.8. The molecular formula is C21H27FN2O4S. The SMILES string of the molecule is COc1ccc(C)cc1S(=O)(=O)N(CC(=O)NCCC(C)C)c1ccc(F)cc1. The molecule has 0 aliphatic carbocycles. The Labute approximate surface area is 171 Å². The maximum atomic E-state index is 13.4. The first-order valence-electron chi connectivity index (χ1n) is 9.34. The van der Waals surface area contributed by atoms with Gasteiger partial charge in [0.05, 0.1) is 12.8 Å². The third kappa shape index (κ3) is 5.93. The van der Waals surface area contributed by atoms with Gasteiger partial charge in [-0.2, -0.15) is 0 Å². The highest BCUT2D eigenvalue weighted by Crippen LogP contribution is 2.30. The highest BCUT2D eigenvalue weighted by Gasteiger charge is 2.30. The zero-order valence-corrected chi connectivity index (χ0v) is 17.9. The molecule has 0 atom stereocenters. The van der Waals surface area contributed by atoms with E-state index in [9.17, 15) is 17.6 Å². The molecule has 0 aromatic heterocycles. The average molecular weight is 423 g/mol. The zero-order chi connectivity index (χ0) is 21.6. The summed E-state index contributed by atoms with van der Waals surface area (Å²) < 4.78 is 46.4. The van der Waals surface area contributed by atoms with E-state index in [0.29, 0.717) is 12.5 Å². The van der Waals surface area contributed by atoms with Crippen molar-refractivity contribution in [1.29, 1.82) is 0 Å². The molecule has 1 amide bonds. The number of nitrogens with one attached hydrogen (secondary N) is 1. The Morgan fingerprint density at radius 3 is 2.41 bits per heavy atom. The standard InChI is InChI=1S/C21H27FN2O4S/c1-15(2)11-12-23-21(25)14-24(18-8-6-17(22)7-9-18)29(26,27)20-13-16(3)5-10-19(20)28-4/h5-10,13,15H,11-12,14H2,1-4H3,(H,23,25). The second-order valence-electron chi connectivity index (χ2n) is 7.17. The number of amides is 1. The van der Waals surface area contributed by atoms with E-state index in [-0.39, 0.29) is 16.3 Å². The number of sulfonamides is 1. The predicted octanol–water partition coefficient (Wildman–Crippen LogP) is 3.50. The molecule has 6 nitrogen and oxygen atoms in total. The summed E-state index contributed by atoms with van der Waals surface area (Å²) in [4.78, 5) is 12.4. The molecule has 0 bridgehead atoms. The van der Waals surface area contributed by atoms with Crippen LogP contribution in [0.3, 0.4) is 0 Å². The lowest BCUT2D eigenvalue weighted by atomic mass is 10.1. The van der Waals surface area contributed by atoms with Crippen LogP contribution in [0.25, 0.3) is 0 Å². The number of halogens is 1. The van der Waals surface area contributed by atoms with Crippen molar-refractivity contribution in [3.63, 3.8) is 0 Å². The number of anilines is 1. The summed E-state index contributed by atoms with van der Waals surface area (Å²) in [6.45, 7) is 5.85. The Morgan fingerprint density at radius 2 is 1.83 bits per heavy atom. The van der Waals surface area contributed by atoms with E-state index in [1.807, 2.05) is 13.8 Å². The number of hydrogen-bond donors (Lipinski definition) is 1. The van der Waals surface area contributed by atoms with Crippen LogP contribution in [0, 0.1) is 18.7 Å². The third-order valence-electron chi connectivity index (χ3n) is 4.33. The normalized spacial score (nSPS) is 11.4. The Kier molecular flexibility index (Phi) is 7.61. The molecule has 0 saturated heterocycles. The molecule has 1 N–H and O–H groups in total.